The Bertz CT molecular complexity index is 338. The smallest absolute Gasteiger partial charge is 0.127 e. The standard InChI is InChI=1S/C14H18OS/c1-16-13-8-6-12(7-9-13)14(10-15)11-4-2-3-5-11/h6-11,14H,2-5H2,1H3. The highest BCUT2D eigenvalue weighted by molar-refractivity contribution is 7.98. The van der Waals surface area contributed by atoms with Crippen molar-refractivity contribution in [2.24, 2.45) is 5.92 Å². The Kier molecular flexibility index (Phi) is 4.05. The molecule has 86 valence electrons. The summed E-state index contributed by atoms with van der Waals surface area (Å²) < 4.78 is 0. The van der Waals surface area contributed by atoms with E-state index >= 15 is 0 Å². The van der Waals surface area contributed by atoms with Crippen LogP contribution in [0.4, 0.5) is 0 Å². The quantitative estimate of drug-likeness (QED) is 0.581. The molecule has 1 nitrogen and oxygen atoms in total. The lowest BCUT2D eigenvalue weighted by Crippen LogP contribution is -2.10. The van der Waals surface area contributed by atoms with E-state index in [2.05, 4.69) is 30.5 Å². The topological polar surface area (TPSA) is 17.1 Å². The second-order valence-corrected chi connectivity index (χ2v) is 5.36. The number of benzene rings is 1. The van der Waals surface area contributed by atoms with Crippen molar-refractivity contribution in [2.45, 2.75) is 36.5 Å². The summed E-state index contributed by atoms with van der Waals surface area (Å²) in [6.45, 7) is 0. The third-order valence-corrected chi connectivity index (χ3v) is 4.30. The van der Waals surface area contributed by atoms with Crippen LogP contribution in [0.15, 0.2) is 29.2 Å². The van der Waals surface area contributed by atoms with Gasteiger partial charge < -0.3 is 4.79 Å². The highest BCUT2D eigenvalue weighted by Gasteiger charge is 2.25. The molecule has 0 aromatic heterocycles. The van der Waals surface area contributed by atoms with Crippen LogP contribution < -0.4 is 0 Å². The van der Waals surface area contributed by atoms with E-state index in [1.54, 1.807) is 11.8 Å². The van der Waals surface area contributed by atoms with E-state index in [0.29, 0.717) is 5.92 Å². The molecule has 0 aliphatic heterocycles. The fourth-order valence-electron chi connectivity index (χ4n) is 2.60. The second kappa shape index (κ2) is 5.53. The molecule has 0 N–H and O–H groups in total. The molecule has 0 spiro atoms. The van der Waals surface area contributed by atoms with Gasteiger partial charge in [0.1, 0.15) is 6.29 Å². The molecule has 1 atom stereocenters. The molecule has 1 aromatic carbocycles. The van der Waals surface area contributed by atoms with Crippen LogP contribution in [0.2, 0.25) is 0 Å². The largest absolute Gasteiger partial charge is 0.303 e. The van der Waals surface area contributed by atoms with Gasteiger partial charge in [0.25, 0.3) is 0 Å². The van der Waals surface area contributed by atoms with Crippen molar-refractivity contribution >= 4 is 18.0 Å². The van der Waals surface area contributed by atoms with Gasteiger partial charge in [0.15, 0.2) is 0 Å². The van der Waals surface area contributed by atoms with Crippen LogP contribution in [0.3, 0.4) is 0 Å². The SMILES string of the molecule is CSc1ccc(C(C=O)C2CCCC2)cc1. The molecule has 2 heteroatoms. The molecule has 0 radical (unpaired) electrons. The van der Waals surface area contributed by atoms with E-state index in [9.17, 15) is 4.79 Å². The number of hydrogen-bond donors (Lipinski definition) is 0. The molecule has 0 bridgehead atoms. The second-order valence-electron chi connectivity index (χ2n) is 4.48. The van der Waals surface area contributed by atoms with Crippen LogP contribution >= 0.6 is 11.8 Å². The van der Waals surface area contributed by atoms with Gasteiger partial charge in [-0.1, -0.05) is 25.0 Å². The van der Waals surface area contributed by atoms with Gasteiger partial charge in [0.05, 0.1) is 0 Å². The first-order chi connectivity index (χ1) is 7.85. The van der Waals surface area contributed by atoms with E-state index in [1.165, 1.54) is 36.1 Å². The average Bonchev–Trinajstić information content (AvgIpc) is 2.85. The lowest BCUT2D eigenvalue weighted by Gasteiger charge is -2.18. The monoisotopic (exact) mass is 234 g/mol. The van der Waals surface area contributed by atoms with Gasteiger partial charge in [-0.2, -0.15) is 0 Å². The number of aldehydes is 1. The Morgan fingerprint density at radius 3 is 2.38 bits per heavy atom. The lowest BCUT2D eigenvalue weighted by molar-refractivity contribution is -0.110. The van der Waals surface area contributed by atoms with Gasteiger partial charge in [0, 0.05) is 10.8 Å². The predicted molar refractivity (Wildman–Crippen MR) is 69.0 cm³/mol. The number of rotatable bonds is 4. The summed E-state index contributed by atoms with van der Waals surface area (Å²) in [5.74, 6) is 0.705. The van der Waals surface area contributed by atoms with Crippen molar-refractivity contribution in [3.63, 3.8) is 0 Å². The molecule has 16 heavy (non-hydrogen) atoms. The van der Waals surface area contributed by atoms with E-state index in [4.69, 9.17) is 0 Å². The summed E-state index contributed by atoms with van der Waals surface area (Å²) in [4.78, 5) is 12.5. The third kappa shape index (κ3) is 2.49. The maximum absolute atomic E-state index is 11.2. The number of thioether (sulfide) groups is 1. The molecule has 0 heterocycles. The molecule has 0 saturated heterocycles. The van der Waals surface area contributed by atoms with Crippen LogP contribution in [0.25, 0.3) is 0 Å². The molecule has 1 fully saturated rings. The molecule has 0 amide bonds. The summed E-state index contributed by atoms with van der Waals surface area (Å²) in [5, 5.41) is 0. The Balaban J connectivity index is 2.15. The molecule has 1 aromatic rings. The van der Waals surface area contributed by atoms with Gasteiger partial charge in [-0.15, -0.1) is 11.8 Å². The third-order valence-electron chi connectivity index (χ3n) is 3.56. The van der Waals surface area contributed by atoms with Crippen molar-refractivity contribution in [1.82, 2.24) is 0 Å². The maximum Gasteiger partial charge on any atom is 0.127 e. The minimum Gasteiger partial charge on any atom is -0.303 e. The molecular formula is C14H18OS. The van der Waals surface area contributed by atoms with Crippen LogP contribution in [-0.4, -0.2) is 12.5 Å². The Labute approximate surface area is 102 Å². The fourth-order valence-corrected chi connectivity index (χ4v) is 3.01. The first-order valence-corrected chi connectivity index (χ1v) is 7.17. The summed E-state index contributed by atoms with van der Waals surface area (Å²) >= 11 is 1.74. The van der Waals surface area contributed by atoms with E-state index in [-0.39, 0.29) is 5.92 Å². The Morgan fingerprint density at radius 1 is 1.25 bits per heavy atom. The minimum absolute atomic E-state index is 0.124. The summed E-state index contributed by atoms with van der Waals surface area (Å²) in [7, 11) is 0. The van der Waals surface area contributed by atoms with E-state index in [0.717, 1.165) is 6.29 Å². The Morgan fingerprint density at radius 2 is 1.88 bits per heavy atom. The van der Waals surface area contributed by atoms with Gasteiger partial charge in [-0.3, -0.25) is 0 Å². The average molecular weight is 234 g/mol. The molecule has 1 aliphatic rings. The van der Waals surface area contributed by atoms with Crippen molar-refractivity contribution in [3.05, 3.63) is 29.8 Å². The minimum atomic E-state index is 0.124. The van der Waals surface area contributed by atoms with Crippen LogP contribution in [0.5, 0.6) is 0 Å². The van der Waals surface area contributed by atoms with Crippen LogP contribution in [0.1, 0.15) is 37.2 Å². The zero-order valence-corrected chi connectivity index (χ0v) is 10.5. The van der Waals surface area contributed by atoms with Gasteiger partial charge >= 0.3 is 0 Å². The molecule has 1 saturated carbocycles. The molecular weight excluding hydrogens is 216 g/mol. The van der Waals surface area contributed by atoms with Crippen LogP contribution in [0, 0.1) is 5.92 Å². The summed E-state index contributed by atoms with van der Waals surface area (Å²) in [6, 6.07) is 8.46. The summed E-state index contributed by atoms with van der Waals surface area (Å²) in [5.41, 5.74) is 1.19. The first-order valence-electron chi connectivity index (χ1n) is 5.94. The van der Waals surface area contributed by atoms with Gasteiger partial charge in [0.2, 0.25) is 0 Å². The lowest BCUT2D eigenvalue weighted by atomic mass is 9.86. The number of carbonyl (C=O) groups excluding carboxylic acids is 1. The normalized spacial score (nSPS) is 18.6. The first kappa shape index (κ1) is 11.7. The van der Waals surface area contributed by atoms with Gasteiger partial charge in [-0.25, -0.2) is 0 Å². The van der Waals surface area contributed by atoms with E-state index in [1.807, 2.05) is 0 Å². The summed E-state index contributed by atoms with van der Waals surface area (Å²) in [6.07, 6.45) is 8.23. The predicted octanol–water partition coefficient (Wildman–Crippen LogP) is 3.88. The highest BCUT2D eigenvalue weighted by Crippen LogP contribution is 2.36. The highest BCUT2D eigenvalue weighted by atomic mass is 32.2. The van der Waals surface area contributed by atoms with E-state index < -0.39 is 0 Å². The van der Waals surface area contributed by atoms with Crippen molar-refractivity contribution in [3.8, 4) is 0 Å². The number of carbonyl (C=O) groups is 1. The molecule has 2 rings (SSSR count). The van der Waals surface area contributed by atoms with Crippen LogP contribution in [-0.2, 0) is 4.79 Å². The molecule has 1 aliphatic carbocycles. The van der Waals surface area contributed by atoms with Gasteiger partial charge in [-0.05, 0) is 42.7 Å². The maximum atomic E-state index is 11.2. The molecule has 1 unspecified atom stereocenters. The fraction of sp³-hybridized carbons (Fsp3) is 0.500. The van der Waals surface area contributed by atoms with Crippen molar-refractivity contribution in [1.29, 1.82) is 0 Å². The van der Waals surface area contributed by atoms with Crippen molar-refractivity contribution < 1.29 is 4.79 Å². The zero-order valence-electron chi connectivity index (χ0n) is 9.69. The number of hydrogen-bond acceptors (Lipinski definition) is 2. The zero-order chi connectivity index (χ0) is 11.4. The van der Waals surface area contributed by atoms with Crippen molar-refractivity contribution in [2.75, 3.05) is 6.26 Å². The Hall–Kier alpha value is -0.760.